The zero-order valence-corrected chi connectivity index (χ0v) is 12.2. The minimum atomic E-state index is 0.729. The molecule has 1 aromatic carbocycles. The topological polar surface area (TPSA) is 51.8 Å². The van der Waals surface area contributed by atoms with Gasteiger partial charge in [-0.1, -0.05) is 46.5 Å². The number of hydrogen-bond donors (Lipinski definition) is 1. The van der Waals surface area contributed by atoms with Crippen molar-refractivity contribution in [3.05, 3.63) is 28.8 Å². The van der Waals surface area contributed by atoms with Crippen LogP contribution in [-0.4, -0.2) is 16.5 Å². The van der Waals surface area contributed by atoms with E-state index in [1.165, 1.54) is 0 Å². The molecule has 0 saturated heterocycles. The molecule has 2 rings (SSSR count). The van der Waals surface area contributed by atoms with Crippen molar-refractivity contribution in [2.45, 2.75) is 14.4 Å². The summed E-state index contributed by atoms with van der Waals surface area (Å²) in [4.78, 5) is 0. The number of nitrogen functional groups attached to an aromatic ring is 1. The Bertz CT molecular complexity index is 515. The smallest absolute Gasteiger partial charge is 0.175 e. The molecule has 0 fully saturated rings. The third-order valence-electron chi connectivity index (χ3n) is 1.98. The van der Waals surface area contributed by atoms with E-state index in [-0.39, 0.29) is 0 Å². The Balaban J connectivity index is 2.04. The van der Waals surface area contributed by atoms with Gasteiger partial charge in [0.05, 0.1) is 0 Å². The summed E-state index contributed by atoms with van der Waals surface area (Å²) >= 11 is 10.9. The van der Waals surface area contributed by atoms with E-state index < -0.39 is 0 Å². The summed E-state index contributed by atoms with van der Waals surface area (Å²) in [5, 5.41) is 8.87. The van der Waals surface area contributed by atoms with Crippen LogP contribution in [0, 0.1) is 0 Å². The van der Waals surface area contributed by atoms with Crippen LogP contribution in [0.2, 0.25) is 5.02 Å². The SMILES string of the molecule is CSc1nnc(SCc2cc(N)ccc2Cl)s1. The number of rotatable bonds is 4. The van der Waals surface area contributed by atoms with Crippen LogP contribution in [0.15, 0.2) is 26.9 Å². The number of aromatic nitrogens is 2. The van der Waals surface area contributed by atoms with E-state index in [0.29, 0.717) is 0 Å². The summed E-state index contributed by atoms with van der Waals surface area (Å²) in [5.41, 5.74) is 7.48. The van der Waals surface area contributed by atoms with E-state index in [4.69, 9.17) is 17.3 Å². The van der Waals surface area contributed by atoms with Crippen LogP contribution in [-0.2, 0) is 5.75 Å². The predicted molar refractivity (Wildman–Crippen MR) is 77.1 cm³/mol. The fourth-order valence-electron chi connectivity index (χ4n) is 1.18. The number of nitrogens with zero attached hydrogens (tertiary/aromatic N) is 2. The molecule has 0 spiro atoms. The molecular formula is C10H10ClN3S3. The summed E-state index contributed by atoms with van der Waals surface area (Å²) in [7, 11) is 0. The van der Waals surface area contributed by atoms with Crippen LogP contribution in [0.1, 0.15) is 5.56 Å². The highest BCUT2D eigenvalue weighted by Crippen LogP contribution is 2.31. The molecule has 0 saturated carbocycles. The Morgan fingerprint density at radius 2 is 2.12 bits per heavy atom. The van der Waals surface area contributed by atoms with Gasteiger partial charge in [0.2, 0.25) is 0 Å². The number of anilines is 1. The van der Waals surface area contributed by atoms with Crippen LogP contribution in [0.4, 0.5) is 5.69 Å². The highest BCUT2D eigenvalue weighted by Gasteiger charge is 2.06. The van der Waals surface area contributed by atoms with Crippen molar-refractivity contribution < 1.29 is 0 Å². The molecule has 3 nitrogen and oxygen atoms in total. The first kappa shape index (κ1) is 13.0. The van der Waals surface area contributed by atoms with Crippen LogP contribution < -0.4 is 5.73 Å². The minimum absolute atomic E-state index is 0.729. The lowest BCUT2D eigenvalue weighted by atomic mass is 10.2. The van der Waals surface area contributed by atoms with Crippen molar-refractivity contribution in [2.24, 2.45) is 0 Å². The second kappa shape index (κ2) is 5.95. The number of thioether (sulfide) groups is 2. The van der Waals surface area contributed by atoms with E-state index >= 15 is 0 Å². The second-order valence-corrected chi connectivity index (χ2v) is 6.84. The monoisotopic (exact) mass is 303 g/mol. The minimum Gasteiger partial charge on any atom is -0.399 e. The van der Waals surface area contributed by atoms with Gasteiger partial charge in [0.1, 0.15) is 0 Å². The molecule has 90 valence electrons. The molecule has 0 bridgehead atoms. The zero-order valence-electron chi connectivity index (χ0n) is 9.01. The number of nitrogens with two attached hydrogens (primary N) is 1. The van der Waals surface area contributed by atoms with Crippen LogP contribution in [0.3, 0.4) is 0 Å². The van der Waals surface area contributed by atoms with Crippen molar-refractivity contribution in [3.8, 4) is 0 Å². The standard InChI is InChI=1S/C10H10ClN3S3/c1-15-9-13-14-10(17-9)16-5-6-4-7(12)2-3-8(6)11/h2-4H,5,12H2,1H3. The number of halogens is 1. The normalized spacial score (nSPS) is 10.7. The Kier molecular flexibility index (Phi) is 4.55. The molecule has 0 aliphatic heterocycles. The summed E-state index contributed by atoms with van der Waals surface area (Å²) in [6.45, 7) is 0. The van der Waals surface area contributed by atoms with Gasteiger partial charge in [-0.15, -0.1) is 10.2 Å². The lowest BCUT2D eigenvalue weighted by Crippen LogP contribution is -1.88. The molecule has 0 aliphatic carbocycles. The van der Waals surface area contributed by atoms with Crippen molar-refractivity contribution in [1.82, 2.24) is 10.2 Å². The molecule has 7 heteroatoms. The molecular weight excluding hydrogens is 294 g/mol. The van der Waals surface area contributed by atoms with Crippen molar-refractivity contribution >= 4 is 52.1 Å². The zero-order chi connectivity index (χ0) is 12.3. The van der Waals surface area contributed by atoms with Crippen LogP contribution in [0.5, 0.6) is 0 Å². The first-order chi connectivity index (χ1) is 8.19. The van der Waals surface area contributed by atoms with E-state index in [9.17, 15) is 0 Å². The lowest BCUT2D eigenvalue weighted by molar-refractivity contribution is 0.955. The maximum Gasteiger partial charge on any atom is 0.175 e. The predicted octanol–water partition coefficient (Wildman–Crippen LogP) is 3.79. The second-order valence-electron chi connectivity index (χ2n) is 3.18. The van der Waals surface area contributed by atoms with E-state index in [0.717, 1.165) is 30.7 Å². The van der Waals surface area contributed by atoms with Gasteiger partial charge < -0.3 is 5.73 Å². The molecule has 0 radical (unpaired) electrons. The van der Waals surface area contributed by atoms with E-state index in [1.807, 2.05) is 18.4 Å². The van der Waals surface area contributed by atoms with Gasteiger partial charge in [-0.2, -0.15) is 0 Å². The molecule has 2 N–H and O–H groups in total. The van der Waals surface area contributed by atoms with Crippen molar-refractivity contribution in [1.29, 1.82) is 0 Å². The third-order valence-corrected chi connectivity index (χ3v) is 5.43. The summed E-state index contributed by atoms with van der Waals surface area (Å²) in [6.07, 6.45) is 1.99. The molecule has 2 aromatic rings. The Labute approximate surface area is 117 Å². The Morgan fingerprint density at radius 3 is 2.82 bits per heavy atom. The summed E-state index contributed by atoms with van der Waals surface area (Å²) in [5.74, 6) is 0.757. The van der Waals surface area contributed by atoms with Gasteiger partial charge in [0.15, 0.2) is 8.68 Å². The first-order valence-corrected chi connectivity index (χ1v) is 8.13. The Hall–Kier alpha value is -0.430. The van der Waals surface area contributed by atoms with Gasteiger partial charge in [-0.05, 0) is 30.0 Å². The van der Waals surface area contributed by atoms with Gasteiger partial charge in [-0.3, -0.25) is 0 Å². The van der Waals surface area contributed by atoms with Gasteiger partial charge in [0, 0.05) is 16.5 Å². The van der Waals surface area contributed by atoms with E-state index in [1.54, 1.807) is 40.9 Å². The van der Waals surface area contributed by atoms with Crippen LogP contribution in [0.25, 0.3) is 0 Å². The van der Waals surface area contributed by atoms with Gasteiger partial charge >= 0.3 is 0 Å². The molecule has 0 aliphatic rings. The maximum atomic E-state index is 6.09. The third kappa shape index (κ3) is 3.51. The van der Waals surface area contributed by atoms with Crippen LogP contribution >= 0.6 is 46.5 Å². The largest absolute Gasteiger partial charge is 0.399 e. The average molecular weight is 304 g/mol. The number of benzene rings is 1. The maximum absolute atomic E-state index is 6.09. The Morgan fingerprint density at radius 1 is 1.35 bits per heavy atom. The highest BCUT2D eigenvalue weighted by atomic mass is 35.5. The quantitative estimate of drug-likeness (QED) is 0.688. The first-order valence-electron chi connectivity index (χ1n) is 4.73. The number of hydrogen-bond acceptors (Lipinski definition) is 6. The lowest BCUT2D eigenvalue weighted by Gasteiger charge is -2.03. The van der Waals surface area contributed by atoms with Crippen molar-refractivity contribution in [3.63, 3.8) is 0 Å². The van der Waals surface area contributed by atoms with Gasteiger partial charge in [0.25, 0.3) is 0 Å². The molecule has 1 heterocycles. The fraction of sp³-hybridized carbons (Fsp3) is 0.200. The average Bonchev–Trinajstić information content (AvgIpc) is 2.78. The summed E-state index contributed by atoms with van der Waals surface area (Å²) in [6, 6.07) is 5.51. The highest BCUT2D eigenvalue weighted by molar-refractivity contribution is 8.02. The molecule has 1 aromatic heterocycles. The fourth-order valence-corrected chi connectivity index (χ4v) is 3.88. The van der Waals surface area contributed by atoms with E-state index in [2.05, 4.69) is 10.2 Å². The van der Waals surface area contributed by atoms with Crippen molar-refractivity contribution in [2.75, 3.05) is 12.0 Å². The summed E-state index contributed by atoms with van der Waals surface area (Å²) < 4.78 is 1.93. The molecule has 0 amide bonds. The van der Waals surface area contributed by atoms with Gasteiger partial charge in [-0.25, -0.2) is 0 Å². The molecule has 0 atom stereocenters. The molecule has 0 unspecified atom stereocenters. The molecule has 17 heavy (non-hydrogen) atoms.